The molecule has 2 aromatic carbocycles. The maximum Gasteiger partial charge on any atom is 0.319 e. The van der Waals surface area contributed by atoms with Crippen molar-refractivity contribution in [1.29, 1.82) is 0 Å². The van der Waals surface area contributed by atoms with Crippen molar-refractivity contribution in [3.05, 3.63) is 48.5 Å². The van der Waals surface area contributed by atoms with Crippen LogP contribution in [0.4, 0.5) is 22.2 Å². The molecule has 0 bridgehead atoms. The van der Waals surface area contributed by atoms with Gasteiger partial charge < -0.3 is 25.6 Å². The third kappa shape index (κ3) is 5.19. The molecule has 0 unspecified atom stereocenters. The number of rotatable bonds is 6. The second-order valence-electron chi connectivity index (χ2n) is 8.30. The molecule has 1 saturated carbocycles. The molecule has 0 spiro atoms. The zero-order chi connectivity index (χ0) is 22.5. The van der Waals surface area contributed by atoms with Crippen molar-refractivity contribution in [1.82, 2.24) is 15.3 Å². The zero-order valence-corrected chi connectivity index (χ0v) is 18.8. The molecule has 1 aliphatic carbocycles. The van der Waals surface area contributed by atoms with Crippen LogP contribution >= 0.6 is 0 Å². The monoisotopic (exact) mass is 434 g/mol. The molecular weight excluding hydrogens is 404 g/mol. The van der Waals surface area contributed by atoms with Gasteiger partial charge in [0.1, 0.15) is 11.6 Å². The molecule has 0 aliphatic heterocycles. The van der Waals surface area contributed by atoms with Crippen molar-refractivity contribution in [2.45, 2.75) is 37.8 Å². The SMILES string of the molecule is COc1ccc(NC(=O)N[C@H]2CC[C@@H](Nc3nc(N(C)C)c4ccccc4n3)CC2)cc1. The van der Waals surface area contributed by atoms with E-state index in [0.717, 1.165) is 53.8 Å². The largest absolute Gasteiger partial charge is 0.497 e. The third-order valence-corrected chi connectivity index (χ3v) is 5.75. The van der Waals surface area contributed by atoms with Crippen LogP contribution in [-0.4, -0.2) is 49.3 Å². The molecule has 1 aromatic heterocycles. The molecule has 0 atom stereocenters. The van der Waals surface area contributed by atoms with Crippen molar-refractivity contribution < 1.29 is 9.53 Å². The van der Waals surface area contributed by atoms with Gasteiger partial charge in [-0.25, -0.2) is 9.78 Å². The quantitative estimate of drug-likeness (QED) is 0.537. The van der Waals surface area contributed by atoms with Gasteiger partial charge in [0.05, 0.1) is 12.6 Å². The van der Waals surface area contributed by atoms with Gasteiger partial charge in [-0.15, -0.1) is 0 Å². The lowest BCUT2D eigenvalue weighted by Gasteiger charge is -2.30. The molecule has 8 nitrogen and oxygen atoms in total. The number of anilines is 3. The first-order chi connectivity index (χ1) is 15.5. The highest BCUT2D eigenvalue weighted by Crippen LogP contribution is 2.26. The van der Waals surface area contributed by atoms with Gasteiger partial charge in [0.25, 0.3) is 0 Å². The molecule has 1 fully saturated rings. The summed E-state index contributed by atoms with van der Waals surface area (Å²) in [7, 11) is 5.60. The highest BCUT2D eigenvalue weighted by molar-refractivity contribution is 5.90. The molecule has 2 amide bonds. The Kier molecular flexibility index (Phi) is 6.58. The number of hydrogen-bond donors (Lipinski definition) is 3. The number of urea groups is 1. The Balaban J connectivity index is 1.30. The summed E-state index contributed by atoms with van der Waals surface area (Å²) < 4.78 is 5.14. The molecule has 3 N–H and O–H groups in total. The van der Waals surface area contributed by atoms with Crippen LogP contribution in [0.2, 0.25) is 0 Å². The van der Waals surface area contributed by atoms with Crippen LogP contribution in [0.5, 0.6) is 5.75 Å². The van der Waals surface area contributed by atoms with E-state index < -0.39 is 0 Å². The minimum absolute atomic E-state index is 0.154. The van der Waals surface area contributed by atoms with Gasteiger partial charge >= 0.3 is 6.03 Å². The highest BCUT2D eigenvalue weighted by atomic mass is 16.5. The first-order valence-corrected chi connectivity index (χ1v) is 10.9. The number of carbonyl (C=O) groups excluding carboxylic acids is 1. The first-order valence-electron chi connectivity index (χ1n) is 10.9. The normalized spacial score (nSPS) is 18.1. The number of nitrogens with zero attached hydrogens (tertiary/aromatic N) is 3. The predicted molar refractivity (Wildman–Crippen MR) is 129 cm³/mol. The van der Waals surface area contributed by atoms with Crippen LogP contribution in [-0.2, 0) is 0 Å². The molecular formula is C24H30N6O2. The van der Waals surface area contributed by atoms with E-state index in [1.165, 1.54) is 0 Å². The maximum absolute atomic E-state index is 12.3. The smallest absolute Gasteiger partial charge is 0.319 e. The number of fused-ring (bicyclic) bond motifs is 1. The number of methoxy groups -OCH3 is 1. The van der Waals surface area contributed by atoms with Crippen molar-refractivity contribution in [3.63, 3.8) is 0 Å². The fourth-order valence-corrected chi connectivity index (χ4v) is 4.06. The van der Waals surface area contributed by atoms with Crippen LogP contribution in [0.3, 0.4) is 0 Å². The first kappa shape index (κ1) is 21.7. The van der Waals surface area contributed by atoms with Gasteiger partial charge in [-0.3, -0.25) is 0 Å². The van der Waals surface area contributed by atoms with Crippen molar-refractivity contribution in [2.75, 3.05) is 36.7 Å². The average molecular weight is 435 g/mol. The number of amides is 2. The van der Waals surface area contributed by atoms with E-state index in [-0.39, 0.29) is 18.1 Å². The second kappa shape index (κ2) is 9.72. The summed E-state index contributed by atoms with van der Waals surface area (Å²) in [4.78, 5) is 23.8. The molecule has 168 valence electrons. The van der Waals surface area contributed by atoms with Gasteiger partial charge in [-0.2, -0.15) is 4.98 Å². The molecule has 1 aliphatic rings. The summed E-state index contributed by atoms with van der Waals surface area (Å²) in [5.41, 5.74) is 1.67. The third-order valence-electron chi connectivity index (χ3n) is 5.75. The second-order valence-corrected chi connectivity index (χ2v) is 8.30. The van der Waals surface area contributed by atoms with Crippen molar-refractivity contribution >= 4 is 34.4 Å². The number of para-hydroxylation sites is 1. The lowest BCUT2D eigenvalue weighted by molar-refractivity contribution is 0.243. The molecule has 8 heteroatoms. The molecule has 4 rings (SSSR count). The number of carbonyl (C=O) groups is 1. The Hall–Kier alpha value is -3.55. The maximum atomic E-state index is 12.3. The number of hydrogen-bond acceptors (Lipinski definition) is 6. The lowest BCUT2D eigenvalue weighted by atomic mass is 9.91. The predicted octanol–water partition coefficient (Wildman–Crippen LogP) is 4.25. The molecule has 1 heterocycles. The topological polar surface area (TPSA) is 91.4 Å². The van der Waals surface area contributed by atoms with E-state index in [0.29, 0.717) is 5.95 Å². The average Bonchev–Trinajstić information content (AvgIpc) is 2.80. The van der Waals surface area contributed by atoms with E-state index in [1.54, 1.807) is 7.11 Å². The summed E-state index contributed by atoms with van der Waals surface area (Å²) >= 11 is 0. The van der Waals surface area contributed by atoms with Gasteiger partial charge in [0.15, 0.2) is 0 Å². The fraction of sp³-hybridized carbons (Fsp3) is 0.375. The number of benzene rings is 2. The number of aromatic nitrogens is 2. The molecule has 0 saturated heterocycles. The van der Waals surface area contributed by atoms with E-state index in [2.05, 4.69) is 16.0 Å². The van der Waals surface area contributed by atoms with Crippen molar-refractivity contribution in [2.24, 2.45) is 0 Å². The summed E-state index contributed by atoms with van der Waals surface area (Å²) in [6.45, 7) is 0. The standard InChI is InChI=1S/C24H30N6O2/c1-30(2)22-20-6-4-5-7-21(20)28-23(29-22)25-16-8-10-17(11-9-16)26-24(31)27-18-12-14-19(32-3)15-13-18/h4-7,12-17H,8-11H2,1-3H3,(H,25,28,29)(H2,26,27,31)/t16-,17+. The Morgan fingerprint density at radius 1 is 0.969 bits per heavy atom. The lowest BCUT2D eigenvalue weighted by Crippen LogP contribution is -2.42. The summed E-state index contributed by atoms with van der Waals surface area (Å²) in [5, 5.41) is 10.5. The summed E-state index contributed by atoms with van der Waals surface area (Å²) in [6, 6.07) is 15.6. The van der Waals surface area contributed by atoms with Crippen LogP contribution in [0.25, 0.3) is 10.9 Å². The Labute approximate surface area is 188 Å². The zero-order valence-electron chi connectivity index (χ0n) is 18.8. The van der Waals surface area contributed by atoms with Crippen molar-refractivity contribution in [3.8, 4) is 5.75 Å². The Bertz CT molecular complexity index is 1060. The van der Waals surface area contributed by atoms with Crippen LogP contribution in [0.1, 0.15) is 25.7 Å². The van der Waals surface area contributed by atoms with Crippen LogP contribution < -0.4 is 25.6 Å². The van der Waals surface area contributed by atoms with E-state index in [1.807, 2.05) is 67.5 Å². The minimum atomic E-state index is -0.180. The Morgan fingerprint density at radius 2 is 1.66 bits per heavy atom. The highest BCUT2D eigenvalue weighted by Gasteiger charge is 2.23. The number of nitrogens with one attached hydrogen (secondary N) is 3. The van der Waals surface area contributed by atoms with Gasteiger partial charge in [-0.1, -0.05) is 12.1 Å². The van der Waals surface area contributed by atoms with E-state index in [4.69, 9.17) is 14.7 Å². The van der Waals surface area contributed by atoms with Gasteiger partial charge in [-0.05, 0) is 62.1 Å². The van der Waals surface area contributed by atoms with Gasteiger partial charge in [0.2, 0.25) is 5.95 Å². The number of ether oxygens (including phenoxy) is 1. The van der Waals surface area contributed by atoms with Gasteiger partial charge in [0, 0.05) is 37.3 Å². The van der Waals surface area contributed by atoms with E-state index in [9.17, 15) is 4.79 Å². The molecule has 3 aromatic rings. The molecule has 0 radical (unpaired) electrons. The Morgan fingerprint density at radius 3 is 2.34 bits per heavy atom. The van der Waals surface area contributed by atoms with Crippen LogP contribution in [0, 0.1) is 0 Å². The molecule has 32 heavy (non-hydrogen) atoms. The van der Waals surface area contributed by atoms with E-state index >= 15 is 0 Å². The minimum Gasteiger partial charge on any atom is -0.497 e. The summed E-state index contributed by atoms with van der Waals surface area (Å²) in [5.74, 6) is 2.32. The summed E-state index contributed by atoms with van der Waals surface area (Å²) in [6.07, 6.45) is 3.70. The fourth-order valence-electron chi connectivity index (χ4n) is 4.06. The van der Waals surface area contributed by atoms with Crippen LogP contribution in [0.15, 0.2) is 48.5 Å².